The second-order valence-electron chi connectivity index (χ2n) is 8.73. The van der Waals surface area contributed by atoms with Crippen molar-refractivity contribution in [3.8, 4) is 11.5 Å². The summed E-state index contributed by atoms with van der Waals surface area (Å²) in [5.41, 5.74) is 2.27. The van der Waals surface area contributed by atoms with E-state index >= 15 is 0 Å². The third-order valence-electron chi connectivity index (χ3n) is 5.67. The van der Waals surface area contributed by atoms with Crippen LogP contribution in [0.1, 0.15) is 39.5 Å². The summed E-state index contributed by atoms with van der Waals surface area (Å²) in [6.45, 7) is 5.15. The number of hydrogen-bond donors (Lipinski definition) is 3. The maximum absolute atomic E-state index is 9.82. The standard InChI is InChI=1S/C23H32N6O3/c1-14(2)12-29-13-24-20-21(25-16-9-18(31-3)11-19(10-16)32-4)27-23(28-22(20)29)26-15-5-7-17(30)8-6-15/h9-11,13-15,17,30H,5-8,12H2,1-4H3,(H2,25,26,27,28). The van der Waals surface area contributed by atoms with Crippen molar-refractivity contribution in [3.63, 3.8) is 0 Å². The van der Waals surface area contributed by atoms with Gasteiger partial charge in [-0.05, 0) is 31.6 Å². The lowest BCUT2D eigenvalue weighted by atomic mass is 9.93. The van der Waals surface area contributed by atoms with Crippen molar-refractivity contribution in [2.45, 2.75) is 58.2 Å². The molecular formula is C23H32N6O3. The summed E-state index contributed by atoms with van der Waals surface area (Å²) in [5.74, 6) is 2.99. The molecule has 0 atom stereocenters. The molecule has 0 bridgehead atoms. The summed E-state index contributed by atoms with van der Waals surface area (Å²) in [6.07, 6.45) is 4.98. The lowest BCUT2D eigenvalue weighted by Gasteiger charge is -2.26. The van der Waals surface area contributed by atoms with E-state index in [0.29, 0.717) is 34.7 Å². The van der Waals surface area contributed by atoms with Gasteiger partial charge in [-0.2, -0.15) is 9.97 Å². The number of aromatic nitrogens is 4. The Bertz CT molecular complexity index is 1040. The van der Waals surface area contributed by atoms with E-state index in [1.54, 1.807) is 14.2 Å². The minimum absolute atomic E-state index is 0.204. The van der Waals surface area contributed by atoms with Gasteiger partial charge in [0, 0.05) is 36.5 Å². The maximum atomic E-state index is 9.82. The van der Waals surface area contributed by atoms with Crippen LogP contribution in [0.3, 0.4) is 0 Å². The molecule has 1 aliphatic rings. The smallest absolute Gasteiger partial charge is 0.227 e. The van der Waals surface area contributed by atoms with Gasteiger partial charge in [0.1, 0.15) is 11.5 Å². The number of nitrogens with zero attached hydrogens (tertiary/aromatic N) is 4. The van der Waals surface area contributed by atoms with Gasteiger partial charge in [0.15, 0.2) is 17.0 Å². The Hall–Kier alpha value is -3.07. The summed E-state index contributed by atoms with van der Waals surface area (Å²) in [6, 6.07) is 5.83. The van der Waals surface area contributed by atoms with Crippen LogP contribution in [-0.2, 0) is 6.54 Å². The van der Waals surface area contributed by atoms with E-state index in [1.807, 2.05) is 24.5 Å². The Kier molecular flexibility index (Phi) is 6.64. The van der Waals surface area contributed by atoms with Crippen molar-refractivity contribution in [2.24, 2.45) is 5.92 Å². The van der Waals surface area contributed by atoms with Crippen LogP contribution in [-0.4, -0.2) is 51.0 Å². The van der Waals surface area contributed by atoms with Crippen molar-refractivity contribution in [1.29, 1.82) is 0 Å². The van der Waals surface area contributed by atoms with Crippen LogP contribution in [0.5, 0.6) is 11.5 Å². The number of aliphatic hydroxyl groups is 1. The van der Waals surface area contributed by atoms with Crippen LogP contribution in [0.15, 0.2) is 24.5 Å². The number of hydrogen-bond acceptors (Lipinski definition) is 8. The van der Waals surface area contributed by atoms with Crippen LogP contribution in [0, 0.1) is 5.92 Å². The quantitative estimate of drug-likeness (QED) is 0.483. The van der Waals surface area contributed by atoms with Crippen LogP contribution in [0.2, 0.25) is 0 Å². The highest BCUT2D eigenvalue weighted by molar-refractivity contribution is 5.86. The van der Waals surface area contributed by atoms with E-state index < -0.39 is 0 Å². The van der Waals surface area contributed by atoms with E-state index in [9.17, 15) is 5.11 Å². The number of anilines is 3. The third-order valence-corrected chi connectivity index (χ3v) is 5.67. The molecule has 9 nitrogen and oxygen atoms in total. The van der Waals surface area contributed by atoms with E-state index in [-0.39, 0.29) is 12.1 Å². The zero-order chi connectivity index (χ0) is 22.7. The lowest BCUT2D eigenvalue weighted by molar-refractivity contribution is 0.126. The van der Waals surface area contributed by atoms with Gasteiger partial charge >= 0.3 is 0 Å². The highest BCUT2D eigenvalue weighted by atomic mass is 16.5. The number of aliphatic hydroxyl groups excluding tert-OH is 1. The highest BCUT2D eigenvalue weighted by Gasteiger charge is 2.21. The van der Waals surface area contributed by atoms with E-state index in [0.717, 1.165) is 43.6 Å². The molecule has 0 spiro atoms. The number of benzene rings is 1. The van der Waals surface area contributed by atoms with E-state index in [1.165, 1.54) is 0 Å². The molecule has 2 aromatic heterocycles. The Morgan fingerprint density at radius 2 is 1.75 bits per heavy atom. The van der Waals surface area contributed by atoms with Crippen molar-refractivity contribution >= 4 is 28.6 Å². The van der Waals surface area contributed by atoms with Gasteiger partial charge in [-0.15, -0.1) is 0 Å². The number of rotatable bonds is 8. The monoisotopic (exact) mass is 440 g/mol. The second kappa shape index (κ2) is 9.60. The first kappa shape index (κ1) is 22.1. The molecule has 9 heteroatoms. The largest absolute Gasteiger partial charge is 0.497 e. The molecule has 32 heavy (non-hydrogen) atoms. The van der Waals surface area contributed by atoms with Crippen LogP contribution in [0.25, 0.3) is 11.2 Å². The molecule has 1 aromatic carbocycles. The molecular weight excluding hydrogens is 408 g/mol. The lowest BCUT2D eigenvalue weighted by Crippen LogP contribution is -2.29. The molecule has 172 valence electrons. The predicted molar refractivity (Wildman–Crippen MR) is 125 cm³/mol. The van der Waals surface area contributed by atoms with Gasteiger partial charge in [0.05, 0.1) is 26.7 Å². The maximum Gasteiger partial charge on any atom is 0.227 e. The van der Waals surface area contributed by atoms with Crippen molar-refractivity contribution in [1.82, 2.24) is 19.5 Å². The fourth-order valence-corrected chi connectivity index (χ4v) is 4.04. The van der Waals surface area contributed by atoms with Gasteiger partial charge in [0.2, 0.25) is 5.95 Å². The Labute approximate surface area is 188 Å². The van der Waals surface area contributed by atoms with Crippen LogP contribution >= 0.6 is 0 Å². The molecule has 3 N–H and O–H groups in total. The zero-order valence-corrected chi connectivity index (χ0v) is 19.1. The minimum Gasteiger partial charge on any atom is -0.497 e. The molecule has 0 amide bonds. The van der Waals surface area contributed by atoms with Crippen LogP contribution < -0.4 is 20.1 Å². The number of fused-ring (bicyclic) bond motifs is 1. The molecule has 1 fully saturated rings. The fraction of sp³-hybridized carbons (Fsp3) is 0.522. The summed E-state index contributed by atoms with van der Waals surface area (Å²) in [4.78, 5) is 14.2. The van der Waals surface area contributed by atoms with Crippen molar-refractivity contribution in [3.05, 3.63) is 24.5 Å². The summed E-state index contributed by atoms with van der Waals surface area (Å²) < 4.78 is 12.9. The number of nitrogens with one attached hydrogen (secondary N) is 2. The molecule has 0 unspecified atom stereocenters. The first-order chi connectivity index (χ1) is 15.4. The summed E-state index contributed by atoms with van der Waals surface area (Å²) in [5, 5.41) is 16.7. The Morgan fingerprint density at radius 1 is 1.06 bits per heavy atom. The van der Waals surface area contributed by atoms with Crippen molar-refractivity contribution in [2.75, 3.05) is 24.9 Å². The molecule has 0 radical (unpaired) electrons. The number of imidazole rings is 1. The molecule has 4 rings (SSSR count). The number of methoxy groups -OCH3 is 2. The minimum atomic E-state index is -0.204. The first-order valence-electron chi connectivity index (χ1n) is 11.1. The van der Waals surface area contributed by atoms with E-state index in [2.05, 4.69) is 34.0 Å². The van der Waals surface area contributed by atoms with Crippen molar-refractivity contribution < 1.29 is 14.6 Å². The van der Waals surface area contributed by atoms with E-state index in [4.69, 9.17) is 19.4 Å². The highest BCUT2D eigenvalue weighted by Crippen LogP contribution is 2.31. The molecule has 1 aliphatic carbocycles. The van der Waals surface area contributed by atoms with Gasteiger partial charge in [-0.1, -0.05) is 13.8 Å². The molecule has 2 heterocycles. The van der Waals surface area contributed by atoms with Crippen LogP contribution in [0.4, 0.5) is 17.5 Å². The van der Waals surface area contributed by atoms with Gasteiger partial charge in [-0.3, -0.25) is 0 Å². The molecule has 0 saturated heterocycles. The predicted octanol–water partition coefficient (Wildman–Crippen LogP) is 3.96. The van der Waals surface area contributed by atoms with Gasteiger partial charge < -0.3 is 29.8 Å². The third kappa shape index (κ3) is 5.04. The normalized spacial score (nSPS) is 18.7. The van der Waals surface area contributed by atoms with Gasteiger partial charge in [0.25, 0.3) is 0 Å². The molecule has 1 saturated carbocycles. The topological polar surface area (TPSA) is 106 Å². The zero-order valence-electron chi connectivity index (χ0n) is 19.1. The van der Waals surface area contributed by atoms with Gasteiger partial charge in [-0.25, -0.2) is 4.98 Å². The fourth-order valence-electron chi connectivity index (χ4n) is 4.04. The Balaban J connectivity index is 1.70. The summed E-state index contributed by atoms with van der Waals surface area (Å²) in [7, 11) is 3.25. The SMILES string of the molecule is COc1cc(Nc2nc(NC3CCC(O)CC3)nc3c2ncn3CC(C)C)cc(OC)c1. The summed E-state index contributed by atoms with van der Waals surface area (Å²) >= 11 is 0. The number of ether oxygens (including phenoxy) is 2. The Morgan fingerprint density at radius 3 is 2.38 bits per heavy atom. The second-order valence-corrected chi connectivity index (χ2v) is 8.73. The average Bonchev–Trinajstić information content (AvgIpc) is 3.17. The average molecular weight is 441 g/mol. The first-order valence-corrected chi connectivity index (χ1v) is 11.1. The molecule has 3 aromatic rings. The molecule has 0 aliphatic heterocycles.